The SMILES string of the molecule is CC1(C)C2CNCC2CN1Cc1nc2ccsc2c(=O)[nH]1. The summed E-state index contributed by atoms with van der Waals surface area (Å²) in [5, 5.41) is 5.42. The number of aromatic amines is 1. The van der Waals surface area contributed by atoms with Crippen molar-refractivity contribution in [2.24, 2.45) is 11.8 Å². The Kier molecular flexibility index (Phi) is 2.96. The van der Waals surface area contributed by atoms with Crippen molar-refractivity contribution in [1.82, 2.24) is 20.2 Å². The molecule has 2 aliphatic rings. The van der Waals surface area contributed by atoms with Gasteiger partial charge in [-0.25, -0.2) is 4.98 Å². The number of likely N-dealkylation sites (tertiary alicyclic amines) is 1. The molecule has 0 aromatic carbocycles. The van der Waals surface area contributed by atoms with Gasteiger partial charge in [0.2, 0.25) is 0 Å². The minimum Gasteiger partial charge on any atom is -0.316 e. The molecule has 6 heteroatoms. The van der Waals surface area contributed by atoms with Crippen LogP contribution in [0.3, 0.4) is 0 Å². The van der Waals surface area contributed by atoms with Gasteiger partial charge in [0.05, 0.1) is 12.1 Å². The first-order valence-electron chi connectivity index (χ1n) is 7.48. The smallest absolute Gasteiger partial charge is 0.268 e. The molecule has 2 aromatic rings. The molecule has 112 valence electrons. The van der Waals surface area contributed by atoms with Crippen LogP contribution in [0.25, 0.3) is 10.2 Å². The lowest BCUT2D eigenvalue weighted by atomic mass is 9.85. The monoisotopic (exact) mass is 304 g/mol. The fourth-order valence-electron chi connectivity index (χ4n) is 3.95. The first-order valence-corrected chi connectivity index (χ1v) is 8.36. The van der Waals surface area contributed by atoms with Crippen LogP contribution >= 0.6 is 11.3 Å². The lowest BCUT2D eigenvalue weighted by Gasteiger charge is -2.35. The number of fused-ring (bicyclic) bond motifs is 2. The second-order valence-electron chi connectivity index (χ2n) is 6.71. The Morgan fingerprint density at radius 3 is 3.14 bits per heavy atom. The topological polar surface area (TPSA) is 61.0 Å². The van der Waals surface area contributed by atoms with Gasteiger partial charge >= 0.3 is 0 Å². The van der Waals surface area contributed by atoms with Gasteiger partial charge in [0, 0.05) is 18.6 Å². The van der Waals surface area contributed by atoms with Crippen LogP contribution in [0.2, 0.25) is 0 Å². The summed E-state index contributed by atoms with van der Waals surface area (Å²) in [6.45, 7) is 8.63. The average molecular weight is 304 g/mol. The number of aromatic nitrogens is 2. The van der Waals surface area contributed by atoms with Gasteiger partial charge < -0.3 is 10.3 Å². The average Bonchev–Trinajstić information content (AvgIpc) is 3.09. The van der Waals surface area contributed by atoms with Crippen molar-refractivity contribution < 1.29 is 0 Å². The molecule has 2 aromatic heterocycles. The van der Waals surface area contributed by atoms with E-state index < -0.39 is 0 Å². The molecule has 21 heavy (non-hydrogen) atoms. The van der Waals surface area contributed by atoms with Gasteiger partial charge in [-0.1, -0.05) is 0 Å². The molecule has 0 aliphatic carbocycles. The minimum absolute atomic E-state index is 0.0103. The molecule has 0 saturated carbocycles. The molecule has 2 aliphatic heterocycles. The highest BCUT2D eigenvalue weighted by Crippen LogP contribution is 2.41. The highest BCUT2D eigenvalue weighted by atomic mass is 32.1. The Hall–Kier alpha value is -1.24. The van der Waals surface area contributed by atoms with Gasteiger partial charge in [0.15, 0.2) is 0 Å². The third-order valence-corrected chi connectivity index (χ3v) is 6.12. The molecule has 2 atom stereocenters. The van der Waals surface area contributed by atoms with Crippen molar-refractivity contribution in [2.75, 3.05) is 19.6 Å². The molecular formula is C15H20N4OS. The largest absolute Gasteiger partial charge is 0.316 e. The van der Waals surface area contributed by atoms with E-state index in [2.05, 4.69) is 34.0 Å². The molecule has 4 rings (SSSR count). The maximum atomic E-state index is 12.1. The summed E-state index contributed by atoms with van der Waals surface area (Å²) in [5.74, 6) is 2.19. The van der Waals surface area contributed by atoms with Crippen LogP contribution in [-0.2, 0) is 6.54 Å². The van der Waals surface area contributed by atoms with Gasteiger partial charge in [0.1, 0.15) is 10.5 Å². The fraction of sp³-hybridized carbons (Fsp3) is 0.600. The predicted octanol–water partition coefficient (Wildman–Crippen LogP) is 1.41. The molecule has 4 heterocycles. The van der Waals surface area contributed by atoms with E-state index in [1.807, 2.05) is 11.4 Å². The molecular weight excluding hydrogens is 284 g/mol. The van der Waals surface area contributed by atoms with E-state index in [9.17, 15) is 4.79 Å². The molecule has 2 fully saturated rings. The van der Waals surface area contributed by atoms with Crippen LogP contribution in [0.15, 0.2) is 16.2 Å². The number of nitrogens with one attached hydrogen (secondary N) is 2. The molecule has 2 saturated heterocycles. The summed E-state index contributed by atoms with van der Waals surface area (Å²) in [6.07, 6.45) is 0. The highest BCUT2D eigenvalue weighted by Gasteiger charge is 2.49. The van der Waals surface area contributed by atoms with E-state index in [1.165, 1.54) is 11.3 Å². The summed E-state index contributed by atoms with van der Waals surface area (Å²) in [7, 11) is 0. The summed E-state index contributed by atoms with van der Waals surface area (Å²) < 4.78 is 0.723. The standard InChI is InChI=1S/C15H20N4OS/c1-15(2)10-6-16-5-9(10)7-19(15)8-12-17-11-3-4-21-13(11)14(20)18-12/h3-4,9-10,16H,5-8H2,1-2H3,(H,17,18,20). The van der Waals surface area contributed by atoms with E-state index in [0.29, 0.717) is 5.92 Å². The van der Waals surface area contributed by atoms with Crippen LogP contribution in [0, 0.1) is 11.8 Å². The number of H-pyrrole nitrogens is 1. The van der Waals surface area contributed by atoms with Crippen molar-refractivity contribution in [2.45, 2.75) is 25.9 Å². The van der Waals surface area contributed by atoms with Gasteiger partial charge in [0.25, 0.3) is 5.56 Å². The summed E-state index contributed by atoms with van der Waals surface area (Å²) in [4.78, 5) is 22.1. The second-order valence-corrected chi connectivity index (χ2v) is 7.62. The normalized spacial score (nSPS) is 28.3. The zero-order valence-electron chi connectivity index (χ0n) is 12.3. The van der Waals surface area contributed by atoms with Crippen molar-refractivity contribution in [3.63, 3.8) is 0 Å². The molecule has 0 amide bonds. The zero-order chi connectivity index (χ0) is 14.6. The molecule has 0 bridgehead atoms. The second kappa shape index (κ2) is 4.63. The van der Waals surface area contributed by atoms with Gasteiger partial charge in [-0.15, -0.1) is 11.3 Å². The van der Waals surface area contributed by atoms with Gasteiger partial charge in [-0.2, -0.15) is 0 Å². The molecule has 2 unspecified atom stereocenters. The first kappa shape index (κ1) is 13.4. The molecule has 0 spiro atoms. The van der Waals surface area contributed by atoms with Crippen LogP contribution in [-0.4, -0.2) is 40.0 Å². The third kappa shape index (κ3) is 2.05. The Morgan fingerprint density at radius 1 is 1.48 bits per heavy atom. The van der Waals surface area contributed by atoms with E-state index in [4.69, 9.17) is 0 Å². The Morgan fingerprint density at radius 2 is 2.33 bits per heavy atom. The van der Waals surface area contributed by atoms with Crippen molar-refractivity contribution in [3.05, 3.63) is 27.6 Å². The van der Waals surface area contributed by atoms with Crippen molar-refractivity contribution in [3.8, 4) is 0 Å². The Labute approximate surface area is 127 Å². The van der Waals surface area contributed by atoms with Crippen LogP contribution in [0.5, 0.6) is 0 Å². The maximum absolute atomic E-state index is 12.1. The van der Waals surface area contributed by atoms with E-state index in [-0.39, 0.29) is 11.1 Å². The minimum atomic E-state index is -0.0103. The fourth-order valence-corrected chi connectivity index (χ4v) is 4.68. The number of thiophene rings is 1. The number of rotatable bonds is 2. The lowest BCUT2D eigenvalue weighted by molar-refractivity contribution is 0.129. The maximum Gasteiger partial charge on any atom is 0.268 e. The predicted molar refractivity (Wildman–Crippen MR) is 84.6 cm³/mol. The summed E-state index contributed by atoms with van der Waals surface area (Å²) >= 11 is 1.45. The molecule has 5 nitrogen and oxygen atoms in total. The first-order chi connectivity index (χ1) is 10.1. The number of hydrogen-bond acceptors (Lipinski definition) is 5. The Bertz CT molecular complexity index is 735. The van der Waals surface area contributed by atoms with Crippen LogP contribution in [0.4, 0.5) is 0 Å². The van der Waals surface area contributed by atoms with E-state index in [1.54, 1.807) is 0 Å². The van der Waals surface area contributed by atoms with Crippen LogP contribution < -0.4 is 10.9 Å². The third-order valence-electron chi connectivity index (χ3n) is 5.22. The highest BCUT2D eigenvalue weighted by molar-refractivity contribution is 7.17. The van der Waals surface area contributed by atoms with E-state index in [0.717, 1.165) is 48.1 Å². The molecule has 2 N–H and O–H groups in total. The Balaban J connectivity index is 1.64. The van der Waals surface area contributed by atoms with Gasteiger partial charge in [-0.3, -0.25) is 9.69 Å². The summed E-state index contributed by atoms with van der Waals surface area (Å²) in [5.41, 5.74) is 0.956. The van der Waals surface area contributed by atoms with Crippen molar-refractivity contribution in [1.29, 1.82) is 0 Å². The number of nitrogens with zero attached hydrogens (tertiary/aromatic N) is 2. The van der Waals surface area contributed by atoms with E-state index >= 15 is 0 Å². The lowest BCUT2D eigenvalue weighted by Crippen LogP contribution is -2.44. The number of hydrogen-bond donors (Lipinski definition) is 2. The van der Waals surface area contributed by atoms with Gasteiger partial charge in [-0.05, 0) is 43.7 Å². The van der Waals surface area contributed by atoms with Crippen molar-refractivity contribution >= 4 is 21.6 Å². The van der Waals surface area contributed by atoms with Crippen LogP contribution in [0.1, 0.15) is 19.7 Å². The zero-order valence-corrected chi connectivity index (χ0v) is 13.2. The summed E-state index contributed by atoms with van der Waals surface area (Å²) in [6, 6.07) is 1.92. The molecule has 0 radical (unpaired) electrons. The quantitative estimate of drug-likeness (QED) is 0.881.